The number of methoxy groups -OCH3 is 2. The molecule has 1 aliphatic heterocycles. The number of rotatable bonds is 5. The average molecular weight is 417 g/mol. The fourth-order valence-corrected chi connectivity index (χ4v) is 3.46. The molecule has 0 saturated heterocycles. The fraction of sp³-hybridized carbons (Fsp3) is 0.500. The normalized spacial score (nSPS) is 19.1. The van der Waals surface area contributed by atoms with Gasteiger partial charge in [-0.25, -0.2) is 4.79 Å². The van der Waals surface area contributed by atoms with Gasteiger partial charge in [0.05, 0.1) is 19.8 Å². The number of Topliss-reactive ketones (excluding diaryl/α,β-unsaturated/α-hetero) is 1. The molecule has 0 aromatic rings. The minimum atomic E-state index is -2.23. The molecule has 0 spiro atoms. The molecular weight excluding hydrogens is 401 g/mol. The number of esters is 2. The maximum atomic E-state index is 12.5. The highest BCUT2D eigenvalue weighted by molar-refractivity contribution is 7.99. The second kappa shape index (κ2) is 8.47. The summed E-state index contributed by atoms with van der Waals surface area (Å²) >= 11 is 18.3. The number of hydrogen-bond acceptors (Lipinski definition) is 7. The Bertz CT molecular complexity index is 600. The van der Waals surface area contributed by atoms with Gasteiger partial charge in [0.2, 0.25) is 5.78 Å². The topological polar surface area (TPSA) is 72.9 Å². The van der Waals surface area contributed by atoms with Crippen LogP contribution in [0.3, 0.4) is 0 Å². The predicted octanol–water partition coefficient (Wildman–Crippen LogP) is 2.33. The van der Waals surface area contributed by atoms with Crippen LogP contribution in [0.15, 0.2) is 23.5 Å². The van der Waals surface area contributed by atoms with Crippen LogP contribution in [0.1, 0.15) is 0 Å². The van der Waals surface area contributed by atoms with E-state index in [4.69, 9.17) is 44.3 Å². The monoisotopic (exact) mass is 415 g/mol. The highest BCUT2D eigenvalue weighted by Gasteiger charge is 2.46. The molecule has 1 rings (SSSR count). The zero-order valence-corrected chi connectivity index (χ0v) is 16.4. The SMILES string of the molecule is COC(=O)C1=CN(C)C=C(C(=O)C(Cl)(Cl)Cl)C1C(SC)C(=O)OC. The largest absolute Gasteiger partial charge is 0.468 e. The number of thioether (sulfide) groups is 1. The number of ether oxygens (including phenoxy) is 2. The molecule has 1 aliphatic rings. The van der Waals surface area contributed by atoms with Crippen molar-refractivity contribution < 1.29 is 23.9 Å². The van der Waals surface area contributed by atoms with Crippen molar-refractivity contribution in [2.45, 2.75) is 9.04 Å². The van der Waals surface area contributed by atoms with Gasteiger partial charge in [-0.2, -0.15) is 0 Å². The maximum Gasteiger partial charge on any atom is 0.335 e. The summed E-state index contributed by atoms with van der Waals surface area (Å²) in [5.74, 6) is -3.12. The van der Waals surface area contributed by atoms with E-state index < -0.39 is 32.7 Å². The second-order valence-corrected chi connectivity index (χ2v) is 8.07. The number of carbonyl (C=O) groups is 3. The Morgan fingerprint density at radius 1 is 1.17 bits per heavy atom. The zero-order valence-electron chi connectivity index (χ0n) is 13.3. The lowest BCUT2D eigenvalue weighted by atomic mass is 9.84. The van der Waals surface area contributed by atoms with E-state index in [1.54, 1.807) is 13.3 Å². The summed E-state index contributed by atoms with van der Waals surface area (Å²) in [6, 6.07) is 0. The van der Waals surface area contributed by atoms with Crippen LogP contribution in [0.4, 0.5) is 0 Å². The van der Waals surface area contributed by atoms with Crippen molar-refractivity contribution in [1.29, 1.82) is 0 Å². The van der Waals surface area contributed by atoms with E-state index in [1.165, 1.54) is 31.5 Å². The van der Waals surface area contributed by atoms with Crippen LogP contribution in [-0.2, 0) is 23.9 Å². The Morgan fingerprint density at radius 2 is 1.71 bits per heavy atom. The van der Waals surface area contributed by atoms with E-state index in [0.29, 0.717) is 0 Å². The number of alkyl halides is 3. The van der Waals surface area contributed by atoms with Crippen molar-refractivity contribution in [3.05, 3.63) is 23.5 Å². The lowest BCUT2D eigenvalue weighted by molar-refractivity contribution is -0.140. The summed E-state index contributed by atoms with van der Waals surface area (Å²) in [6.07, 6.45) is 4.51. The average Bonchev–Trinajstić information content (AvgIpc) is 2.53. The summed E-state index contributed by atoms with van der Waals surface area (Å²) in [5, 5.41) is -0.892. The van der Waals surface area contributed by atoms with E-state index >= 15 is 0 Å². The van der Waals surface area contributed by atoms with Crippen LogP contribution in [0.5, 0.6) is 0 Å². The molecule has 134 valence electrons. The molecule has 24 heavy (non-hydrogen) atoms. The summed E-state index contributed by atoms with van der Waals surface area (Å²) in [5.41, 5.74) is 0.0926. The Balaban J connectivity index is 3.50. The lowest BCUT2D eigenvalue weighted by Gasteiger charge is -2.32. The van der Waals surface area contributed by atoms with Gasteiger partial charge in [-0.15, -0.1) is 11.8 Å². The first-order valence-electron chi connectivity index (χ1n) is 6.54. The van der Waals surface area contributed by atoms with Gasteiger partial charge in [-0.1, -0.05) is 34.8 Å². The minimum absolute atomic E-state index is 0.00477. The van der Waals surface area contributed by atoms with Crippen LogP contribution in [-0.4, -0.2) is 59.2 Å². The molecule has 0 radical (unpaired) electrons. The van der Waals surface area contributed by atoms with Crippen LogP contribution in [0.2, 0.25) is 0 Å². The molecule has 1 heterocycles. The Hall–Kier alpha value is -0.890. The van der Waals surface area contributed by atoms with Crippen molar-refractivity contribution in [2.75, 3.05) is 27.5 Å². The van der Waals surface area contributed by atoms with Gasteiger partial charge < -0.3 is 14.4 Å². The van der Waals surface area contributed by atoms with Gasteiger partial charge in [0.15, 0.2) is 0 Å². The van der Waals surface area contributed by atoms with Gasteiger partial charge in [-0.3, -0.25) is 9.59 Å². The molecule has 2 unspecified atom stereocenters. The number of halogens is 3. The zero-order chi connectivity index (χ0) is 18.7. The predicted molar refractivity (Wildman–Crippen MR) is 94.1 cm³/mol. The highest BCUT2D eigenvalue weighted by atomic mass is 35.6. The van der Waals surface area contributed by atoms with Crippen molar-refractivity contribution in [3.63, 3.8) is 0 Å². The second-order valence-electron chi connectivity index (χ2n) is 4.81. The smallest absolute Gasteiger partial charge is 0.335 e. The minimum Gasteiger partial charge on any atom is -0.468 e. The van der Waals surface area contributed by atoms with E-state index in [1.807, 2.05) is 0 Å². The quantitative estimate of drug-likeness (QED) is 0.503. The lowest BCUT2D eigenvalue weighted by Crippen LogP contribution is -2.40. The first kappa shape index (κ1) is 21.2. The fourth-order valence-electron chi connectivity index (χ4n) is 2.28. The Labute approximate surface area is 159 Å². The standard InChI is InChI=1S/C14H16Cl3NO5S/c1-18-5-7(11(19)14(15,16)17)9(8(6-18)12(20)22-2)10(24-4)13(21)23-3/h5-6,9-10H,1-4H3. The van der Waals surface area contributed by atoms with Crippen LogP contribution in [0, 0.1) is 5.92 Å². The van der Waals surface area contributed by atoms with Crippen LogP contribution in [0.25, 0.3) is 0 Å². The molecule has 10 heteroatoms. The first-order chi connectivity index (χ1) is 11.1. The van der Waals surface area contributed by atoms with E-state index in [-0.39, 0.29) is 11.1 Å². The van der Waals surface area contributed by atoms with Crippen molar-refractivity contribution in [1.82, 2.24) is 4.90 Å². The molecule has 0 aromatic carbocycles. The van der Waals surface area contributed by atoms with Crippen molar-refractivity contribution in [3.8, 4) is 0 Å². The van der Waals surface area contributed by atoms with E-state index in [2.05, 4.69) is 0 Å². The summed E-state index contributed by atoms with van der Waals surface area (Å²) < 4.78 is 7.29. The number of ketones is 1. The van der Waals surface area contributed by atoms with Crippen molar-refractivity contribution in [2.24, 2.45) is 5.92 Å². The third-order valence-electron chi connectivity index (χ3n) is 3.29. The number of nitrogens with zero attached hydrogens (tertiary/aromatic N) is 1. The molecule has 2 atom stereocenters. The van der Waals surface area contributed by atoms with Gasteiger partial charge in [0, 0.05) is 30.9 Å². The van der Waals surface area contributed by atoms with Crippen LogP contribution >= 0.6 is 46.6 Å². The molecule has 0 fully saturated rings. The van der Waals surface area contributed by atoms with Gasteiger partial charge in [0.1, 0.15) is 5.25 Å². The molecule has 0 bridgehead atoms. The number of carbonyl (C=O) groups excluding carboxylic acids is 3. The van der Waals surface area contributed by atoms with Gasteiger partial charge >= 0.3 is 11.9 Å². The molecule has 0 aromatic heterocycles. The number of hydrogen-bond donors (Lipinski definition) is 0. The van der Waals surface area contributed by atoms with Gasteiger partial charge in [-0.05, 0) is 6.26 Å². The summed E-state index contributed by atoms with van der Waals surface area (Å²) in [6.45, 7) is 0. The van der Waals surface area contributed by atoms with Crippen LogP contribution < -0.4 is 0 Å². The molecular formula is C14H16Cl3NO5S. The molecule has 0 N–H and O–H groups in total. The van der Waals surface area contributed by atoms with Gasteiger partial charge in [0.25, 0.3) is 3.79 Å². The Kier molecular flexibility index (Phi) is 7.46. The van der Waals surface area contributed by atoms with E-state index in [0.717, 1.165) is 11.8 Å². The Morgan fingerprint density at radius 3 is 2.12 bits per heavy atom. The van der Waals surface area contributed by atoms with E-state index in [9.17, 15) is 14.4 Å². The molecule has 6 nitrogen and oxygen atoms in total. The maximum absolute atomic E-state index is 12.5. The number of allylic oxidation sites excluding steroid dienone is 1. The first-order valence-corrected chi connectivity index (χ1v) is 8.96. The van der Waals surface area contributed by atoms with Crippen molar-refractivity contribution >= 4 is 64.3 Å². The highest BCUT2D eigenvalue weighted by Crippen LogP contribution is 2.40. The molecule has 0 aliphatic carbocycles. The summed E-state index contributed by atoms with van der Waals surface area (Å²) in [4.78, 5) is 38.3. The molecule has 0 saturated carbocycles. The third-order valence-corrected chi connectivity index (χ3v) is 4.77. The summed E-state index contributed by atoms with van der Waals surface area (Å²) in [7, 11) is 4.00. The third kappa shape index (κ3) is 4.59. The molecule has 0 amide bonds.